The summed E-state index contributed by atoms with van der Waals surface area (Å²) in [6.45, 7) is 7.61. The van der Waals surface area contributed by atoms with Crippen LogP contribution >= 0.6 is 0 Å². The second-order valence-corrected chi connectivity index (χ2v) is 11.0. The van der Waals surface area contributed by atoms with Crippen molar-refractivity contribution >= 4 is 22.6 Å². The van der Waals surface area contributed by atoms with Crippen LogP contribution in [0.1, 0.15) is 32.2 Å². The number of pyridine rings is 1. The number of hydrogen-bond donors (Lipinski definition) is 1. The first-order chi connectivity index (χ1) is 18.5. The van der Waals surface area contributed by atoms with Gasteiger partial charge in [0.15, 0.2) is 0 Å². The molecule has 38 heavy (non-hydrogen) atoms. The van der Waals surface area contributed by atoms with E-state index in [4.69, 9.17) is 14.5 Å². The van der Waals surface area contributed by atoms with E-state index in [1.807, 2.05) is 31.5 Å². The number of ether oxygens (including phenoxy) is 2. The molecular formula is C28H33FN6O3. The summed E-state index contributed by atoms with van der Waals surface area (Å²) >= 11 is 0. The summed E-state index contributed by atoms with van der Waals surface area (Å²) < 4.78 is 29.3. The lowest BCUT2D eigenvalue weighted by atomic mass is 10.0. The summed E-state index contributed by atoms with van der Waals surface area (Å²) in [7, 11) is 0. The van der Waals surface area contributed by atoms with Crippen molar-refractivity contribution in [3.05, 3.63) is 36.4 Å². The molecule has 200 valence electrons. The predicted octanol–water partition coefficient (Wildman–Crippen LogP) is 3.00. The van der Waals surface area contributed by atoms with Crippen molar-refractivity contribution < 1.29 is 18.7 Å². The van der Waals surface area contributed by atoms with E-state index in [1.165, 1.54) is 0 Å². The number of amides is 1. The Kier molecular flexibility index (Phi) is 5.96. The van der Waals surface area contributed by atoms with Gasteiger partial charge in [-0.1, -0.05) is 6.07 Å². The molecule has 1 amide bonds. The van der Waals surface area contributed by atoms with Gasteiger partial charge in [-0.05, 0) is 38.0 Å². The number of fused-ring (bicyclic) bond motifs is 1. The summed E-state index contributed by atoms with van der Waals surface area (Å²) in [6.07, 6.45) is 4.32. The quantitative estimate of drug-likeness (QED) is 0.513. The molecule has 2 aromatic heterocycles. The van der Waals surface area contributed by atoms with Crippen LogP contribution in [0.2, 0.25) is 0 Å². The predicted molar refractivity (Wildman–Crippen MR) is 141 cm³/mol. The molecule has 1 aromatic carbocycles. The summed E-state index contributed by atoms with van der Waals surface area (Å²) in [5.41, 5.74) is 3.59. The molecule has 7 rings (SSSR count). The van der Waals surface area contributed by atoms with Crippen molar-refractivity contribution in [2.75, 3.05) is 50.8 Å². The van der Waals surface area contributed by atoms with E-state index in [-0.39, 0.29) is 23.7 Å². The number of rotatable bonds is 7. The Labute approximate surface area is 220 Å². The van der Waals surface area contributed by atoms with Crippen LogP contribution in [0.3, 0.4) is 0 Å². The molecule has 10 heteroatoms. The molecule has 1 N–H and O–H groups in total. The molecule has 1 saturated carbocycles. The third-order valence-electron chi connectivity index (χ3n) is 8.47. The Morgan fingerprint density at radius 1 is 1.13 bits per heavy atom. The van der Waals surface area contributed by atoms with Gasteiger partial charge < -0.3 is 24.3 Å². The zero-order chi connectivity index (χ0) is 25.8. The summed E-state index contributed by atoms with van der Waals surface area (Å²) in [5, 5.41) is 2.89. The second kappa shape index (κ2) is 9.50. The number of nitrogens with zero attached hydrogens (tertiary/aromatic N) is 5. The third-order valence-corrected chi connectivity index (χ3v) is 8.47. The number of anilines is 1. The molecule has 3 aromatic rings. The van der Waals surface area contributed by atoms with Crippen LogP contribution in [0.25, 0.3) is 22.3 Å². The van der Waals surface area contributed by atoms with E-state index in [0.717, 1.165) is 63.3 Å². The van der Waals surface area contributed by atoms with E-state index in [2.05, 4.69) is 24.7 Å². The monoisotopic (exact) mass is 520 g/mol. The van der Waals surface area contributed by atoms with Crippen LogP contribution in [0, 0.1) is 11.7 Å². The van der Waals surface area contributed by atoms with Crippen LogP contribution in [0.4, 0.5) is 10.1 Å². The van der Waals surface area contributed by atoms with Gasteiger partial charge in [-0.25, -0.2) is 14.4 Å². The molecular weight excluding hydrogens is 487 g/mol. The van der Waals surface area contributed by atoms with Crippen molar-refractivity contribution in [2.45, 2.75) is 44.4 Å². The minimum Gasteiger partial charge on any atom is -0.473 e. The Bertz CT molecular complexity index is 1360. The van der Waals surface area contributed by atoms with E-state index < -0.39 is 0 Å². The number of carbonyl (C=O) groups is 1. The molecule has 3 saturated heterocycles. The van der Waals surface area contributed by atoms with Gasteiger partial charge >= 0.3 is 0 Å². The average Bonchev–Trinajstić information content (AvgIpc) is 3.48. The lowest BCUT2D eigenvalue weighted by molar-refractivity contribution is -0.119. The standard InChI is InChI=1S/C28H33FN6O3/c1-17(19-11-26(36)30-13-19)38-28-27-24(31-16-35(27)20-3-4-20)12-23(32-28)18-2-5-25(22(29)10-18)34-8-6-33(7-9-34)21-14-37-15-21/h2,5,10,12,16-17,19-21H,3-4,6-9,11,13-15H2,1H3,(H,30,36)/t17-,19?/m1/s1. The van der Waals surface area contributed by atoms with E-state index in [1.54, 1.807) is 6.07 Å². The zero-order valence-corrected chi connectivity index (χ0v) is 21.6. The molecule has 0 bridgehead atoms. The molecule has 4 fully saturated rings. The third kappa shape index (κ3) is 4.39. The zero-order valence-electron chi connectivity index (χ0n) is 21.6. The van der Waals surface area contributed by atoms with Crippen LogP contribution in [-0.4, -0.2) is 83.4 Å². The number of hydrogen-bond acceptors (Lipinski definition) is 7. The van der Waals surface area contributed by atoms with E-state index in [9.17, 15) is 4.79 Å². The normalized spacial score (nSPS) is 23.5. The van der Waals surface area contributed by atoms with Crippen LogP contribution in [0.15, 0.2) is 30.6 Å². The molecule has 0 radical (unpaired) electrons. The van der Waals surface area contributed by atoms with Gasteiger partial charge in [-0.15, -0.1) is 0 Å². The summed E-state index contributed by atoms with van der Waals surface area (Å²) in [4.78, 5) is 25.9. The highest BCUT2D eigenvalue weighted by molar-refractivity contribution is 5.85. The molecule has 5 heterocycles. The molecule has 9 nitrogen and oxygen atoms in total. The topological polar surface area (TPSA) is 84.8 Å². The largest absolute Gasteiger partial charge is 0.473 e. The summed E-state index contributed by atoms with van der Waals surface area (Å²) in [6, 6.07) is 8.21. The number of piperazine rings is 1. The van der Waals surface area contributed by atoms with Crippen molar-refractivity contribution in [3.63, 3.8) is 0 Å². The highest BCUT2D eigenvalue weighted by Gasteiger charge is 2.32. The second-order valence-electron chi connectivity index (χ2n) is 11.0. The maximum atomic E-state index is 15.4. The minimum absolute atomic E-state index is 0.0503. The van der Waals surface area contributed by atoms with Crippen LogP contribution in [-0.2, 0) is 9.53 Å². The van der Waals surface area contributed by atoms with Crippen molar-refractivity contribution in [2.24, 2.45) is 5.92 Å². The molecule has 2 atom stereocenters. The Morgan fingerprint density at radius 2 is 1.95 bits per heavy atom. The molecule has 3 aliphatic heterocycles. The SMILES string of the molecule is C[C@@H](Oc1nc(-c2ccc(N3CCN(C4COC4)CC3)c(F)c2)cc2ncn(C3CC3)c12)C1CNC(=O)C1. The van der Waals surface area contributed by atoms with Crippen LogP contribution < -0.4 is 15.0 Å². The average molecular weight is 521 g/mol. The molecule has 4 aliphatic rings. The van der Waals surface area contributed by atoms with Gasteiger partial charge in [0, 0.05) is 56.7 Å². The first kappa shape index (κ1) is 23.8. The maximum absolute atomic E-state index is 15.4. The Hall–Kier alpha value is -3.24. The van der Waals surface area contributed by atoms with E-state index in [0.29, 0.717) is 47.9 Å². The van der Waals surface area contributed by atoms with Gasteiger partial charge in [0.25, 0.3) is 0 Å². The Balaban J connectivity index is 1.16. The smallest absolute Gasteiger partial charge is 0.241 e. The van der Waals surface area contributed by atoms with Crippen molar-refractivity contribution in [3.8, 4) is 17.1 Å². The first-order valence-electron chi connectivity index (χ1n) is 13.7. The van der Waals surface area contributed by atoms with Gasteiger partial charge in [0.2, 0.25) is 11.8 Å². The highest BCUT2D eigenvalue weighted by Crippen LogP contribution is 2.40. The maximum Gasteiger partial charge on any atom is 0.241 e. The minimum atomic E-state index is -0.250. The van der Waals surface area contributed by atoms with E-state index >= 15 is 4.39 Å². The number of imidazole rings is 1. The van der Waals surface area contributed by atoms with Gasteiger partial charge in [0.05, 0.1) is 42.5 Å². The fourth-order valence-corrected chi connectivity index (χ4v) is 5.80. The number of aromatic nitrogens is 3. The first-order valence-corrected chi connectivity index (χ1v) is 13.7. The number of benzene rings is 1. The van der Waals surface area contributed by atoms with Crippen molar-refractivity contribution in [1.29, 1.82) is 0 Å². The fraction of sp³-hybridized carbons (Fsp3) is 0.536. The number of carbonyl (C=O) groups excluding carboxylic acids is 1. The fourth-order valence-electron chi connectivity index (χ4n) is 5.80. The number of nitrogens with one attached hydrogen (secondary N) is 1. The summed E-state index contributed by atoms with van der Waals surface area (Å²) in [5.74, 6) is 0.373. The van der Waals surface area contributed by atoms with Gasteiger partial charge in [-0.3, -0.25) is 9.69 Å². The van der Waals surface area contributed by atoms with Gasteiger partial charge in [-0.2, -0.15) is 0 Å². The number of halogens is 1. The van der Waals surface area contributed by atoms with Crippen LogP contribution in [0.5, 0.6) is 5.88 Å². The lowest BCUT2D eigenvalue weighted by Gasteiger charge is -2.43. The molecule has 0 spiro atoms. The highest BCUT2D eigenvalue weighted by atomic mass is 19.1. The molecule has 1 unspecified atom stereocenters. The van der Waals surface area contributed by atoms with Gasteiger partial charge in [0.1, 0.15) is 17.4 Å². The lowest BCUT2D eigenvalue weighted by Crippen LogP contribution is -2.56. The van der Waals surface area contributed by atoms with Crippen molar-refractivity contribution in [1.82, 2.24) is 24.8 Å². The molecule has 1 aliphatic carbocycles. The Morgan fingerprint density at radius 3 is 2.61 bits per heavy atom.